The van der Waals surface area contributed by atoms with Crippen LogP contribution in [0.1, 0.15) is 18.5 Å². The van der Waals surface area contributed by atoms with Crippen molar-refractivity contribution in [1.82, 2.24) is 4.98 Å². The molecule has 9 heteroatoms. The lowest BCUT2D eigenvalue weighted by Gasteiger charge is -2.34. The Kier molecular flexibility index (Phi) is 5.83. The zero-order valence-electron chi connectivity index (χ0n) is 15.3. The first-order valence-corrected chi connectivity index (χ1v) is 10.7. The summed E-state index contributed by atoms with van der Waals surface area (Å²) in [7, 11) is -3.24. The summed E-state index contributed by atoms with van der Waals surface area (Å²) in [5, 5.41) is 0. The van der Waals surface area contributed by atoms with Crippen molar-refractivity contribution < 1.29 is 26.3 Å². The van der Waals surface area contributed by atoms with E-state index in [9.17, 15) is 21.6 Å². The van der Waals surface area contributed by atoms with Crippen LogP contribution in [0.25, 0.3) is 0 Å². The second-order valence-corrected chi connectivity index (χ2v) is 8.92. The number of piperidine rings is 1. The maximum atomic E-state index is 12.7. The second kappa shape index (κ2) is 7.98. The van der Waals surface area contributed by atoms with Crippen molar-refractivity contribution in [2.45, 2.75) is 23.9 Å². The average molecular weight is 414 g/mol. The quantitative estimate of drug-likeness (QED) is 0.745. The van der Waals surface area contributed by atoms with E-state index in [1.807, 2.05) is 0 Å². The van der Waals surface area contributed by atoms with Crippen LogP contribution in [0.3, 0.4) is 0 Å². The zero-order chi connectivity index (χ0) is 20.4. The number of rotatable bonds is 5. The van der Waals surface area contributed by atoms with Crippen molar-refractivity contribution in [2.24, 2.45) is 5.92 Å². The molecule has 1 atom stereocenters. The molecule has 1 aromatic heterocycles. The van der Waals surface area contributed by atoms with Crippen molar-refractivity contribution in [3.8, 4) is 5.75 Å². The molecule has 0 amide bonds. The van der Waals surface area contributed by atoms with Gasteiger partial charge in [-0.05, 0) is 43.2 Å². The molecule has 0 saturated carbocycles. The first kappa shape index (κ1) is 20.4. The fourth-order valence-electron chi connectivity index (χ4n) is 3.21. The fourth-order valence-corrected chi connectivity index (χ4v) is 3.84. The third kappa shape index (κ3) is 5.15. The van der Waals surface area contributed by atoms with Crippen molar-refractivity contribution in [2.75, 3.05) is 30.9 Å². The number of halogens is 3. The molecule has 1 fully saturated rings. The molecule has 152 valence electrons. The van der Waals surface area contributed by atoms with Gasteiger partial charge in [-0.15, -0.1) is 0 Å². The van der Waals surface area contributed by atoms with Crippen LogP contribution < -0.4 is 9.64 Å². The minimum Gasteiger partial charge on any atom is -0.493 e. The molecule has 0 aliphatic carbocycles. The minimum absolute atomic E-state index is 0.150. The molecule has 5 nitrogen and oxygen atoms in total. The van der Waals surface area contributed by atoms with E-state index in [-0.39, 0.29) is 16.6 Å². The maximum absolute atomic E-state index is 12.7. The Balaban J connectivity index is 1.61. The molecule has 0 radical (unpaired) electrons. The van der Waals surface area contributed by atoms with Gasteiger partial charge >= 0.3 is 6.18 Å². The third-order valence-electron chi connectivity index (χ3n) is 4.66. The molecular formula is C19H21F3N2O3S. The van der Waals surface area contributed by atoms with Gasteiger partial charge < -0.3 is 9.64 Å². The Bertz CT molecular complexity index is 915. The van der Waals surface area contributed by atoms with Gasteiger partial charge in [0, 0.05) is 43.2 Å². The molecule has 2 aromatic rings. The highest BCUT2D eigenvalue weighted by atomic mass is 32.2. The van der Waals surface area contributed by atoms with E-state index in [2.05, 4.69) is 9.88 Å². The average Bonchev–Trinajstić information content (AvgIpc) is 2.66. The summed E-state index contributed by atoms with van der Waals surface area (Å²) in [5.74, 6) is 0.308. The van der Waals surface area contributed by atoms with Crippen LogP contribution in [-0.4, -0.2) is 39.4 Å². The number of anilines is 1. The molecule has 2 heterocycles. The summed E-state index contributed by atoms with van der Waals surface area (Å²) < 4.78 is 67.0. The van der Waals surface area contributed by atoms with Crippen LogP contribution in [0, 0.1) is 5.92 Å². The number of sulfone groups is 1. The fraction of sp³-hybridized carbons (Fsp3) is 0.421. The van der Waals surface area contributed by atoms with E-state index in [0.717, 1.165) is 37.3 Å². The van der Waals surface area contributed by atoms with Gasteiger partial charge in [-0.1, -0.05) is 0 Å². The summed E-state index contributed by atoms with van der Waals surface area (Å²) in [4.78, 5) is 5.73. The highest BCUT2D eigenvalue weighted by Crippen LogP contribution is 2.30. The lowest BCUT2D eigenvalue weighted by Crippen LogP contribution is -2.37. The summed E-state index contributed by atoms with van der Waals surface area (Å²) >= 11 is 0. The topological polar surface area (TPSA) is 59.5 Å². The van der Waals surface area contributed by atoms with Gasteiger partial charge in [0.1, 0.15) is 11.4 Å². The largest absolute Gasteiger partial charge is 0.493 e. The normalized spacial score (nSPS) is 18.1. The van der Waals surface area contributed by atoms with E-state index in [0.29, 0.717) is 13.2 Å². The molecule has 0 bridgehead atoms. The predicted molar refractivity (Wildman–Crippen MR) is 99.2 cm³/mol. The number of alkyl halides is 3. The summed E-state index contributed by atoms with van der Waals surface area (Å²) in [6.45, 7) is 1.83. The Morgan fingerprint density at radius 2 is 1.93 bits per heavy atom. The summed E-state index contributed by atoms with van der Waals surface area (Å²) in [6, 6.07) is 9.04. The Hall–Kier alpha value is -2.29. The third-order valence-corrected chi connectivity index (χ3v) is 5.79. The van der Waals surface area contributed by atoms with E-state index in [1.165, 1.54) is 12.3 Å². The first-order valence-electron chi connectivity index (χ1n) is 8.84. The highest BCUT2D eigenvalue weighted by Gasteiger charge is 2.32. The van der Waals surface area contributed by atoms with Gasteiger partial charge in [0.05, 0.1) is 11.5 Å². The molecule has 1 saturated heterocycles. The lowest BCUT2D eigenvalue weighted by molar-refractivity contribution is -0.141. The molecule has 1 aromatic carbocycles. The molecule has 28 heavy (non-hydrogen) atoms. The van der Waals surface area contributed by atoms with Crippen molar-refractivity contribution >= 4 is 15.5 Å². The standard InChI is InChI=1S/C19H21F3N2O3S/c1-28(25,26)17-6-4-15(5-7-17)24-10-2-3-14(12-24)13-27-16-8-9-23-18(11-16)19(20,21)22/h4-9,11,14H,2-3,10,12-13H2,1H3. The zero-order valence-corrected chi connectivity index (χ0v) is 16.1. The van der Waals surface area contributed by atoms with Gasteiger partial charge in [0.2, 0.25) is 0 Å². The smallest absolute Gasteiger partial charge is 0.433 e. The SMILES string of the molecule is CS(=O)(=O)c1ccc(N2CCCC(COc3ccnc(C(F)(F)F)c3)C2)cc1. The molecular weight excluding hydrogens is 393 g/mol. The van der Waals surface area contributed by atoms with Crippen molar-refractivity contribution in [3.63, 3.8) is 0 Å². The molecule has 1 aliphatic rings. The summed E-state index contributed by atoms with van der Waals surface area (Å²) in [5.41, 5.74) is -0.0541. The van der Waals surface area contributed by atoms with Gasteiger partial charge in [-0.25, -0.2) is 8.42 Å². The van der Waals surface area contributed by atoms with Crippen LogP contribution in [0.4, 0.5) is 18.9 Å². The number of benzene rings is 1. The molecule has 0 N–H and O–H groups in total. The first-order chi connectivity index (χ1) is 13.1. The van der Waals surface area contributed by atoms with Crippen molar-refractivity contribution in [3.05, 3.63) is 48.3 Å². The highest BCUT2D eigenvalue weighted by molar-refractivity contribution is 7.90. The van der Waals surface area contributed by atoms with Crippen molar-refractivity contribution in [1.29, 1.82) is 0 Å². The monoisotopic (exact) mass is 414 g/mol. The van der Waals surface area contributed by atoms with Gasteiger partial charge in [0.25, 0.3) is 0 Å². The van der Waals surface area contributed by atoms with E-state index in [4.69, 9.17) is 4.74 Å². The lowest BCUT2D eigenvalue weighted by atomic mass is 9.98. The number of nitrogens with zero attached hydrogens (tertiary/aromatic N) is 2. The molecule has 1 unspecified atom stereocenters. The van der Waals surface area contributed by atoms with Crippen LogP contribution in [0.2, 0.25) is 0 Å². The Labute approximate surface area is 162 Å². The Morgan fingerprint density at radius 3 is 2.57 bits per heavy atom. The maximum Gasteiger partial charge on any atom is 0.433 e. The predicted octanol–water partition coefficient (Wildman–Crippen LogP) is 3.80. The van der Waals surface area contributed by atoms with Crippen LogP contribution in [-0.2, 0) is 16.0 Å². The number of pyridine rings is 1. The van der Waals surface area contributed by atoms with Crippen LogP contribution >= 0.6 is 0 Å². The van der Waals surface area contributed by atoms with Gasteiger partial charge in [-0.2, -0.15) is 13.2 Å². The number of hydrogen-bond acceptors (Lipinski definition) is 5. The Morgan fingerprint density at radius 1 is 1.21 bits per heavy atom. The molecule has 0 spiro atoms. The number of ether oxygens (including phenoxy) is 1. The number of hydrogen-bond donors (Lipinski definition) is 0. The minimum atomic E-state index is -4.50. The van der Waals surface area contributed by atoms with Crippen LogP contribution in [0.5, 0.6) is 5.75 Å². The second-order valence-electron chi connectivity index (χ2n) is 6.91. The van der Waals surface area contributed by atoms with Gasteiger partial charge in [-0.3, -0.25) is 4.98 Å². The van der Waals surface area contributed by atoms with E-state index >= 15 is 0 Å². The van der Waals surface area contributed by atoms with Crippen LogP contribution in [0.15, 0.2) is 47.5 Å². The van der Waals surface area contributed by atoms with Gasteiger partial charge in [0.15, 0.2) is 9.84 Å². The molecule has 1 aliphatic heterocycles. The van der Waals surface area contributed by atoms with E-state index in [1.54, 1.807) is 24.3 Å². The molecule has 3 rings (SSSR count). The van der Waals surface area contributed by atoms with E-state index < -0.39 is 21.7 Å². The number of aromatic nitrogens is 1. The summed E-state index contributed by atoms with van der Waals surface area (Å²) in [6.07, 6.45) is -0.408.